The zero-order chi connectivity index (χ0) is 23.5. The smallest absolute Gasteiger partial charge is 0.242 e. The van der Waals surface area contributed by atoms with Gasteiger partial charge in [0.05, 0.1) is 27.7 Å². The molecule has 0 saturated heterocycles. The summed E-state index contributed by atoms with van der Waals surface area (Å²) in [7, 11) is -3.73. The van der Waals surface area contributed by atoms with Crippen LogP contribution in [0.3, 0.4) is 0 Å². The van der Waals surface area contributed by atoms with Crippen molar-refractivity contribution in [2.75, 3.05) is 5.32 Å². The van der Waals surface area contributed by atoms with Gasteiger partial charge in [0.1, 0.15) is 5.76 Å². The highest BCUT2D eigenvalue weighted by atomic mass is 32.2. The van der Waals surface area contributed by atoms with E-state index in [0.29, 0.717) is 69.3 Å². The van der Waals surface area contributed by atoms with Crippen LogP contribution in [0.5, 0.6) is 0 Å². The van der Waals surface area contributed by atoms with Gasteiger partial charge in [-0.25, -0.2) is 12.4 Å². The standard InChI is InChI=1S/C22H21N3O6S2/c1-12-21(13(2)31-24-12)15-8-18-17-7-14(10-32(27)28)3-6-20(17)25(33(29,30)16-4-5-16)22(18)19(9-15)23-11-26/h3,6-9,11,16H,4-5,10H2,1-2H3,(H,23,26)(H,27,28)/p-1. The lowest BCUT2D eigenvalue weighted by Crippen LogP contribution is -2.17. The molecule has 0 radical (unpaired) electrons. The second-order valence-corrected chi connectivity index (χ2v) is 11.1. The second kappa shape index (κ2) is 7.79. The van der Waals surface area contributed by atoms with E-state index >= 15 is 0 Å². The van der Waals surface area contributed by atoms with Gasteiger partial charge in [0.15, 0.2) is 0 Å². The summed E-state index contributed by atoms with van der Waals surface area (Å²) in [6.45, 7) is 3.57. The van der Waals surface area contributed by atoms with Crippen LogP contribution in [0.25, 0.3) is 32.9 Å². The van der Waals surface area contributed by atoms with E-state index in [9.17, 15) is 22.0 Å². The van der Waals surface area contributed by atoms with Crippen LogP contribution in [0.15, 0.2) is 34.9 Å². The molecule has 5 rings (SSSR count). The lowest BCUT2D eigenvalue weighted by atomic mass is 10.00. The molecule has 2 aromatic carbocycles. The molecular formula is C22H20N3O6S2-. The number of carbonyl (C=O) groups excluding carboxylic acids is 1. The molecular weight excluding hydrogens is 466 g/mol. The number of aromatic nitrogens is 2. The number of benzene rings is 2. The summed E-state index contributed by atoms with van der Waals surface area (Å²) in [5.74, 6) is 0.391. The number of aryl methyl sites for hydroxylation is 2. The summed E-state index contributed by atoms with van der Waals surface area (Å²) in [6, 6.07) is 8.45. The van der Waals surface area contributed by atoms with E-state index in [0.717, 1.165) is 5.56 Å². The number of nitrogens with one attached hydrogen (secondary N) is 1. The van der Waals surface area contributed by atoms with Gasteiger partial charge in [0.2, 0.25) is 16.4 Å². The zero-order valence-electron chi connectivity index (χ0n) is 17.8. The molecule has 9 nitrogen and oxygen atoms in total. The van der Waals surface area contributed by atoms with Crippen LogP contribution >= 0.6 is 0 Å². The van der Waals surface area contributed by atoms with Gasteiger partial charge in [-0.05, 0) is 62.1 Å². The van der Waals surface area contributed by atoms with Crippen LogP contribution in [0.2, 0.25) is 0 Å². The SMILES string of the molecule is Cc1noc(C)c1-c1cc(NC=O)c2c(c1)c1cc(CS(=O)[O-])ccc1n2S(=O)(=O)C1CC1. The van der Waals surface area contributed by atoms with Crippen LogP contribution in [0, 0.1) is 13.8 Å². The average Bonchev–Trinajstić information content (AvgIpc) is 3.49. The van der Waals surface area contributed by atoms with Crippen LogP contribution < -0.4 is 5.32 Å². The fraction of sp³-hybridized carbons (Fsp3) is 0.273. The van der Waals surface area contributed by atoms with Crippen molar-refractivity contribution in [1.29, 1.82) is 0 Å². The summed E-state index contributed by atoms with van der Waals surface area (Å²) < 4.78 is 56.1. The fourth-order valence-electron chi connectivity index (χ4n) is 4.37. The molecule has 2 aromatic heterocycles. The molecule has 1 amide bonds. The van der Waals surface area contributed by atoms with Gasteiger partial charge in [-0.1, -0.05) is 22.3 Å². The third-order valence-electron chi connectivity index (χ3n) is 5.90. The van der Waals surface area contributed by atoms with Crippen molar-refractivity contribution < 1.29 is 26.5 Å². The monoisotopic (exact) mass is 486 g/mol. The summed E-state index contributed by atoms with van der Waals surface area (Å²) in [5, 5.41) is 7.33. The molecule has 1 N–H and O–H groups in total. The topological polar surface area (TPSA) is 134 Å². The lowest BCUT2D eigenvalue weighted by Gasteiger charge is -2.12. The predicted octanol–water partition coefficient (Wildman–Crippen LogP) is 3.35. The van der Waals surface area contributed by atoms with E-state index in [2.05, 4.69) is 10.5 Å². The third kappa shape index (κ3) is 3.56. The maximum Gasteiger partial charge on any atom is 0.242 e. The van der Waals surface area contributed by atoms with Crippen LogP contribution in [0.4, 0.5) is 5.69 Å². The van der Waals surface area contributed by atoms with Crippen molar-refractivity contribution in [2.24, 2.45) is 0 Å². The molecule has 0 bridgehead atoms. The van der Waals surface area contributed by atoms with E-state index in [1.807, 2.05) is 6.07 Å². The quantitative estimate of drug-likeness (QED) is 0.313. The second-order valence-electron chi connectivity index (χ2n) is 8.19. The Morgan fingerprint density at radius 1 is 1.24 bits per heavy atom. The Hall–Kier alpha value is -3.02. The number of hydrogen-bond acceptors (Lipinski definition) is 7. The van der Waals surface area contributed by atoms with Gasteiger partial charge < -0.3 is 14.4 Å². The first-order chi connectivity index (χ1) is 15.7. The Kier molecular flexibility index (Phi) is 5.15. The van der Waals surface area contributed by atoms with E-state index in [1.54, 1.807) is 38.1 Å². The van der Waals surface area contributed by atoms with Gasteiger partial charge in [0, 0.05) is 22.1 Å². The molecule has 172 valence electrons. The maximum atomic E-state index is 13.4. The fourth-order valence-corrected chi connectivity index (χ4v) is 6.74. The molecule has 0 spiro atoms. The van der Waals surface area contributed by atoms with Crippen LogP contribution in [0.1, 0.15) is 29.9 Å². The molecule has 1 aliphatic carbocycles. The molecule has 11 heteroatoms. The molecule has 4 aromatic rings. The first-order valence-corrected chi connectivity index (χ1v) is 13.0. The van der Waals surface area contributed by atoms with Gasteiger partial charge in [-0.15, -0.1) is 0 Å². The van der Waals surface area contributed by atoms with Gasteiger partial charge in [0.25, 0.3) is 0 Å². The lowest BCUT2D eigenvalue weighted by molar-refractivity contribution is -0.105. The predicted molar refractivity (Wildman–Crippen MR) is 124 cm³/mol. The number of rotatable bonds is 7. The number of amides is 1. The van der Waals surface area contributed by atoms with Crippen molar-refractivity contribution in [1.82, 2.24) is 9.13 Å². The van der Waals surface area contributed by atoms with E-state index in [4.69, 9.17) is 4.52 Å². The maximum absolute atomic E-state index is 13.4. The van der Waals surface area contributed by atoms with Crippen molar-refractivity contribution in [3.05, 3.63) is 47.3 Å². The van der Waals surface area contributed by atoms with E-state index < -0.39 is 26.4 Å². The highest BCUT2D eigenvalue weighted by Gasteiger charge is 2.39. The van der Waals surface area contributed by atoms with Crippen molar-refractivity contribution in [2.45, 2.75) is 37.7 Å². The van der Waals surface area contributed by atoms with Crippen molar-refractivity contribution in [3.63, 3.8) is 0 Å². The van der Waals surface area contributed by atoms with E-state index in [-0.39, 0.29) is 5.75 Å². The van der Waals surface area contributed by atoms with Crippen molar-refractivity contribution in [3.8, 4) is 11.1 Å². The summed E-state index contributed by atoms with van der Waals surface area (Å²) in [4.78, 5) is 11.5. The normalized spacial score (nSPS) is 15.2. The van der Waals surface area contributed by atoms with Crippen LogP contribution in [-0.4, -0.2) is 38.0 Å². The largest absolute Gasteiger partial charge is 0.772 e. The summed E-state index contributed by atoms with van der Waals surface area (Å²) >= 11 is -2.30. The molecule has 1 aliphatic rings. The molecule has 1 fully saturated rings. The number of nitrogens with zero attached hydrogens (tertiary/aromatic N) is 2. The summed E-state index contributed by atoms with van der Waals surface area (Å²) in [6.07, 6.45) is 1.65. The first kappa shape index (κ1) is 21.8. The summed E-state index contributed by atoms with van der Waals surface area (Å²) in [5.41, 5.74) is 3.73. The zero-order valence-corrected chi connectivity index (χ0v) is 19.5. The molecule has 1 unspecified atom stereocenters. The minimum absolute atomic E-state index is 0.193. The molecule has 1 atom stereocenters. The molecule has 2 heterocycles. The Balaban J connectivity index is 1.93. The Labute approximate surface area is 192 Å². The molecule has 1 saturated carbocycles. The van der Waals surface area contributed by atoms with Crippen LogP contribution in [-0.2, 0) is 31.7 Å². The number of hydrogen-bond donors (Lipinski definition) is 1. The number of fused-ring (bicyclic) bond motifs is 3. The highest BCUT2D eigenvalue weighted by Crippen LogP contribution is 2.42. The average molecular weight is 487 g/mol. The minimum atomic E-state index is -3.73. The number of anilines is 1. The number of carbonyl (C=O) groups is 1. The Morgan fingerprint density at radius 3 is 2.61 bits per heavy atom. The van der Waals surface area contributed by atoms with E-state index in [1.165, 1.54) is 3.97 Å². The van der Waals surface area contributed by atoms with Crippen molar-refractivity contribution >= 4 is 55.0 Å². The minimum Gasteiger partial charge on any atom is -0.772 e. The Morgan fingerprint density at radius 2 is 2.00 bits per heavy atom. The van der Waals surface area contributed by atoms with Gasteiger partial charge >= 0.3 is 0 Å². The molecule has 33 heavy (non-hydrogen) atoms. The Bertz CT molecular complexity index is 1540. The molecule has 0 aliphatic heterocycles. The highest BCUT2D eigenvalue weighted by molar-refractivity contribution is 7.91. The van der Waals surface area contributed by atoms with Gasteiger partial charge in [-0.2, -0.15) is 0 Å². The first-order valence-electron chi connectivity index (χ1n) is 10.3. The van der Waals surface area contributed by atoms with Gasteiger partial charge in [-0.3, -0.25) is 9.00 Å². The third-order valence-corrected chi connectivity index (χ3v) is 8.68.